The van der Waals surface area contributed by atoms with Gasteiger partial charge in [0.15, 0.2) is 0 Å². The van der Waals surface area contributed by atoms with E-state index in [0.29, 0.717) is 13.0 Å². The van der Waals surface area contributed by atoms with Crippen molar-refractivity contribution < 1.29 is 0 Å². The van der Waals surface area contributed by atoms with Gasteiger partial charge in [-0.25, -0.2) is 0 Å². The summed E-state index contributed by atoms with van der Waals surface area (Å²) in [4.78, 5) is 2.12. The second kappa shape index (κ2) is 6.64. The Balaban J connectivity index is 2.78. The van der Waals surface area contributed by atoms with Crippen LogP contribution in [0.25, 0.3) is 0 Å². The Morgan fingerprint density at radius 3 is 2.88 bits per heavy atom. The van der Waals surface area contributed by atoms with Gasteiger partial charge in [0.05, 0.1) is 6.07 Å². The van der Waals surface area contributed by atoms with Gasteiger partial charge in [-0.2, -0.15) is 5.26 Å². The maximum Gasteiger partial charge on any atom is 0.0635 e. The Bertz CT molecular complexity index is 373. The zero-order chi connectivity index (χ0) is 12.0. The number of likely N-dealkylation sites (N-methyl/N-ethyl adjacent to an activating group) is 1. The quantitative estimate of drug-likeness (QED) is 0.901. The standard InChI is InChI=1S/C12H16BrN3/c1-16(7-3-6-14)12(9-15)10-4-2-5-11(13)8-10/h2,4-5,8,12H,3,7,9,15H2,1H3. The lowest BCUT2D eigenvalue weighted by atomic mass is 10.1. The molecule has 1 aromatic carbocycles. The molecule has 0 radical (unpaired) electrons. The molecule has 2 N–H and O–H groups in total. The van der Waals surface area contributed by atoms with Crippen LogP contribution in [-0.4, -0.2) is 25.0 Å². The molecule has 1 unspecified atom stereocenters. The van der Waals surface area contributed by atoms with Gasteiger partial charge >= 0.3 is 0 Å². The number of rotatable bonds is 5. The van der Waals surface area contributed by atoms with Crippen LogP contribution in [0, 0.1) is 11.3 Å². The summed E-state index contributed by atoms with van der Waals surface area (Å²) in [5.41, 5.74) is 6.97. The minimum Gasteiger partial charge on any atom is -0.329 e. The van der Waals surface area contributed by atoms with E-state index in [-0.39, 0.29) is 6.04 Å². The van der Waals surface area contributed by atoms with E-state index in [9.17, 15) is 0 Å². The molecule has 0 bridgehead atoms. The molecule has 16 heavy (non-hydrogen) atoms. The van der Waals surface area contributed by atoms with Crippen LogP contribution in [0.2, 0.25) is 0 Å². The average molecular weight is 282 g/mol. The Morgan fingerprint density at radius 1 is 1.56 bits per heavy atom. The van der Waals surface area contributed by atoms with Crippen LogP contribution in [0.1, 0.15) is 18.0 Å². The van der Waals surface area contributed by atoms with E-state index in [1.54, 1.807) is 0 Å². The molecule has 0 aromatic heterocycles. The van der Waals surface area contributed by atoms with Crippen LogP contribution in [0.4, 0.5) is 0 Å². The number of nitrogens with zero attached hydrogens (tertiary/aromatic N) is 2. The molecule has 4 heteroatoms. The third-order valence-electron chi connectivity index (χ3n) is 2.57. The molecule has 1 rings (SSSR count). The third-order valence-corrected chi connectivity index (χ3v) is 3.06. The summed E-state index contributed by atoms with van der Waals surface area (Å²) in [6, 6.07) is 10.4. The lowest BCUT2D eigenvalue weighted by Crippen LogP contribution is -2.31. The van der Waals surface area contributed by atoms with Crippen molar-refractivity contribution in [3.63, 3.8) is 0 Å². The van der Waals surface area contributed by atoms with Gasteiger partial charge in [-0.3, -0.25) is 4.90 Å². The Labute approximate surface area is 105 Å². The maximum atomic E-state index is 8.57. The van der Waals surface area contributed by atoms with E-state index in [0.717, 1.165) is 11.0 Å². The molecule has 0 spiro atoms. The number of hydrogen-bond acceptors (Lipinski definition) is 3. The van der Waals surface area contributed by atoms with Gasteiger partial charge in [0.2, 0.25) is 0 Å². The molecule has 3 nitrogen and oxygen atoms in total. The first-order chi connectivity index (χ1) is 7.69. The van der Waals surface area contributed by atoms with E-state index < -0.39 is 0 Å². The van der Waals surface area contributed by atoms with Crippen molar-refractivity contribution in [2.24, 2.45) is 5.73 Å². The van der Waals surface area contributed by atoms with Gasteiger partial charge in [0.1, 0.15) is 0 Å². The normalized spacial score (nSPS) is 12.4. The van der Waals surface area contributed by atoms with Crippen LogP contribution < -0.4 is 5.73 Å². The van der Waals surface area contributed by atoms with Gasteiger partial charge in [-0.1, -0.05) is 28.1 Å². The summed E-state index contributed by atoms with van der Waals surface area (Å²) in [7, 11) is 2.00. The maximum absolute atomic E-state index is 8.57. The number of benzene rings is 1. The van der Waals surface area contributed by atoms with E-state index in [4.69, 9.17) is 11.0 Å². The summed E-state index contributed by atoms with van der Waals surface area (Å²) in [5, 5.41) is 8.57. The number of nitrogens with two attached hydrogens (primary N) is 1. The summed E-state index contributed by atoms with van der Waals surface area (Å²) in [5.74, 6) is 0. The molecule has 0 aliphatic carbocycles. The van der Waals surface area contributed by atoms with Gasteiger partial charge in [0.25, 0.3) is 0 Å². The van der Waals surface area contributed by atoms with Crippen molar-refractivity contribution in [3.05, 3.63) is 34.3 Å². The summed E-state index contributed by atoms with van der Waals surface area (Å²) in [6.45, 7) is 1.29. The molecule has 0 fully saturated rings. The number of halogens is 1. The SMILES string of the molecule is CN(CCC#N)C(CN)c1cccc(Br)c1. The van der Waals surface area contributed by atoms with E-state index >= 15 is 0 Å². The molecule has 0 saturated heterocycles. The minimum atomic E-state index is 0.172. The lowest BCUT2D eigenvalue weighted by Gasteiger charge is -2.26. The first-order valence-corrected chi connectivity index (χ1v) is 6.01. The predicted octanol–water partition coefficient (Wildman–Crippen LogP) is 2.29. The predicted molar refractivity (Wildman–Crippen MR) is 68.8 cm³/mol. The summed E-state index contributed by atoms with van der Waals surface area (Å²) in [6.07, 6.45) is 0.529. The van der Waals surface area contributed by atoms with Crippen LogP contribution in [0.3, 0.4) is 0 Å². The smallest absolute Gasteiger partial charge is 0.0635 e. The van der Waals surface area contributed by atoms with Crippen LogP contribution in [0.5, 0.6) is 0 Å². The Hall–Kier alpha value is -0.890. The third kappa shape index (κ3) is 3.60. The fraction of sp³-hybridized carbons (Fsp3) is 0.417. The van der Waals surface area contributed by atoms with Gasteiger partial charge < -0.3 is 5.73 Å². The van der Waals surface area contributed by atoms with E-state index in [1.807, 2.05) is 19.2 Å². The molecule has 0 aliphatic heterocycles. The fourth-order valence-electron chi connectivity index (χ4n) is 1.67. The monoisotopic (exact) mass is 281 g/mol. The topological polar surface area (TPSA) is 53.0 Å². The lowest BCUT2D eigenvalue weighted by molar-refractivity contribution is 0.256. The highest BCUT2D eigenvalue weighted by Crippen LogP contribution is 2.21. The largest absolute Gasteiger partial charge is 0.329 e. The second-order valence-corrected chi connectivity index (χ2v) is 4.61. The van der Waals surface area contributed by atoms with Crippen LogP contribution in [0.15, 0.2) is 28.7 Å². The van der Waals surface area contributed by atoms with Gasteiger partial charge in [-0.15, -0.1) is 0 Å². The molecule has 1 atom stereocenters. The second-order valence-electron chi connectivity index (χ2n) is 3.70. The highest BCUT2D eigenvalue weighted by Gasteiger charge is 2.14. The molecule has 0 saturated carbocycles. The molecule has 0 amide bonds. The van der Waals surface area contributed by atoms with Crippen LogP contribution >= 0.6 is 15.9 Å². The zero-order valence-corrected chi connectivity index (χ0v) is 10.9. The number of nitriles is 1. The van der Waals surface area contributed by atoms with Gasteiger partial charge in [-0.05, 0) is 24.7 Å². The first kappa shape index (κ1) is 13.2. The summed E-state index contributed by atoms with van der Waals surface area (Å²) >= 11 is 3.45. The zero-order valence-electron chi connectivity index (χ0n) is 9.36. The number of hydrogen-bond donors (Lipinski definition) is 1. The van der Waals surface area contributed by atoms with Crippen molar-refractivity contribution >= 4 is 15.9 Å². The van der Waals surface area contributed by atoms with Crippen molar-refractivity contribution in [3.8, 4) is 6.07 Å². The molecule has 1 aromatic rings. The van der Waals surface area contributed by atoms with E-state index in [2.05, 4.69) is 39.0 Å². The highest BCUT2D eigenvalue weighted by atomic mass is 79.9. The molecular formula is C12H16BrN3. The molecular weight excluding hydrogens is 266 g/mol. The van der Waals surface area contributed by atoms with Crippen LogP contribution in [-0.2, 0) is 0 Å². The van der Waals surface area contributed by atoms with E-state index in [1.165, 1.54) is 5.56 Å². The summed E-state index contributed by atoms with van der Waals surface area (Å²) < 4.78 is 1.05. The van der Waals surface area contributed by atoms with Crippen molar-refractivity contribution in [1.29, 1.82) is 5.26 Å². The fourth-order valence-corrected chi connectivity index (χ4v) is 2.08. The molecule has 0 aliphatic rings. The van der Waals surface area contributed by atoms with Crippen molar-refractivity contribution in [1.82, 2.24) is 4.90 Å². The molecule has 0 heterocycles. The highest BCUT2D eigenvalue weighted by molar-refractivity contribution is 9.10. The first-order valence-electron chi connectivity index (χ1n) is 5.21. The van der Waals surface area contributed by atoms with Crippen molar-refractivity contribution in [2.75, 3.05) is 20.1 Å². The van der Waals surface area contributed by atoms with Gasteiger partial charge in [0, 0.05) is 30.0 Å². The Kier molecular flexibility index (Phi) is 5.47. The molecule has 86 valence electrons. The average Bonchev–Trinajstić information content (AvgIpc) is 2.27. The van der Waals surface area contributed by atoms with Crippen molar-refractivity contribution in [2.45, 2.75) is 12.5 Å². The Morgan fingerprint density at radius 2 is 2.31 bits per heavy atom. The minimum absolute atomic E-state index is 0.172.